The Bertz CT molecular complexity index is 537. The Morgan fingerprint density at radius 3 is 1.00 bits per heavy atom. The highest BCUT2D eigenvalue weighted by molar-refractivity contribution is 6.25. The van der Waals surface area contributed by atoms with E-state index in [1.807, 2.05) is 53.7 Å². The van der Waals surface area contributed by atoms with Crippen LogP contribution in [-0.4, -0.2) is 22.6 Å². The molecule has 0 saturated carbocycles. The molecule has 0 amide bonds. The Balaban J connectivity index is -0.000000409. The first-order chi connectivity index (χ1) is 15.3. The maximum absolute atomic E-state index is 11.0. The molecule has 0 aromatic carbocycles. The summed E-state index contributed by atoms with van der Waals surface area (Å²) in [6.07, 6.45) is 7.35. The number of carboxylic acid groups (broad SMARTS) is 1. The summed E-state index contributed by atoms with van der Waals surface area (Å²) in [4.78, 5) is 32.6. The van der Waals surface area contributed by atoms with E-state index in [1.165, 1.54) is 16.6 Å². The quantitative estimate of drug-likeness (QED) is 0.277. The second-order valence-corrected chi connectivity index (χ2v) is 9.66. The molecule has 0 radical (unpaired) electrons. The molecular weight excluding hydrogens is 483 g/mol. The van der Waals surface area contributed by atoms with Gasteiger partial charge in [0.25, 0.3) is 0 Å². The number of halogens is 3. The van der Waals surface area contributed by atoms with Crippen molar-refractivity contribution in [2.45, 2.75) is 74.7 Å². The van der Waals surface area contributed by atoms with Gasteiger partial charge in [-0.3, -0.25) is 14.4 Å². The molecule has 33 heavy (non-hydrogen) atoms. The van der Waals surface area contributed by atoms with E-state index in [0.29, 0.717) is 18.3 Å². The van der Waals surface area contributed by atoms with E-state index < -0.39 is 5.97 Å². The number of ketones is 2. The first-order valence-electron chi connectivity index (χ1n) is 11.3. The van der Waals surface area contributed by atoms with Crippen LogP contribution in [0.4, 0.5) is 0 Å². The highest BCUT2D eigenvalue weighted by Crippen LogP contribution is 2.18. The van der Waals surface area contributed by atoms with Gasteiger partial charge in [0.2, 0.25) is 0 Å². The smallest absolute Gasteiger partial charge is 0.307 e. The van der Waals surface area contributed by atoms with Crippen LogP contribution in [0.5, 0.6) is 0 Å². The molecular formula is C26H43Cl3O4. The van der Waals surface area contributed by atoms with Crippen molar-refractivity contribution in [3.8, 4) is 0 Å². The SMILES string of the molecule is CC(=O)C(C/C=C/Cl)C(C)C.CC(=O)[C@@H](C/C=C/Cl)C(C)C.CC(C)[C@@H](C/C=C/Cl)C(=O)O. The maximum Gasteiger partial charge on any atom is 0.307 e. The predicted octanol–water partition coefficient (Wildman–Crippen LogP) is 8.47. The van der Waals surface area contributed by atoms with Crippen molar-refractivity contribution in [1.82, 2.24) is 0 Å². The van der Waals surface area contributed by atoms with Crippen LogP contribution in [-0.2, 0) is 14.4 Å². The molecule has 0 aliphatic rings. The normalized spacial score (nSPS) is 14.2. The van der Waals surface area contributed by atoms with Gasteiger partial charge in [-0.25, -0.2) is 0 Å². The Kier molecular flexibility index (Phi) is 25.1. The molecule has 0 rings (SSSR count). The summed E-state index contributed by atoms with van der Waals surface area (Å²) in [6.45, 7) is 15.2. The zero-order valence-corrected chi connectivity index (χ0v) is 23.6. The van der Waals surface area contributed by atoms with E-state index in [-0.39, 0.29) is 35.2 Å². The van der Waals surface area contributed by atoms with E-state index in [9.17, 15) is 14.4 Å². The van der Waals surface area contributed by atoms with Gasteiger partial charge in [0.15, 0.2) is 0 Å². The van der Waals surface area contributed by atoms with Crippen LogP contribution in [0, 0.1) is 35.5 Å². The highest BCUT2D eigenvalue weighted by Gasteiger charge is 2.19. The second-order valence-electron chi connectivity index (χ2n) is 8.90. The molecule has 0 aliphatic carbocycles. The zero-order valence-electron chi connectivity index (χ0n) is 21.4. The number of carbonyl (C=O) groups excluding carboxylic acids is 2. The van der Waals surface area contributed by atoms with Crippen LogP contribution in [0.1, 0.15) is 74.7 Å². The number of carboxylic acids is 1. The Morgan fingerprint density at radius 2 is 0.848 bits per heavy atom. The number of hydrogen-bond donors (Lipinski definition) is 1. The topological polar surface area (TPSA) is 71.4 Å². The van der Waals surface area contributed by atoms with E-state index >= 15 is 0 Å². The first kappa shape index (κ1) is 36.5. The highest BCUT2D eigenvalue weighted by atomic mass is 35.5. The molecule has 0 spiro atoms. The van der Waals surface area contributed by atoms with Crippen molar-refractivity contribution < 1.29 is 19.5 Å². The van der Waals surface area contributed by atoms with Crippen molar-refractivity contribution >= 4 is 52.3 Å². The fourth-order valence-electron chi connectivity index (χ4n) is 3.07. The summed E-state index contributed by atoms with van der Waals surface area (Å²) in [5.41, 5.74) is 4.30. The predicted molar refractivity (Wildman–Crippen MR) is 143 cm³/mol. The molecule has 1 unspecified atom stereocenters. The lowest BCUT2D eigenvalue weighted by atomic mass is 9.89. The van der Waals surface area contributed by atoms with E-state index in [1.54, 1.807) is 19.9 Å². The summed E-state index contributed by atoms with van der Waals surface area (Å²) in [7, 11) is 0. The molecule has 0 aliphatic heterocycles. The van der Waals surface area contributed by atoms with E-state index in [0.717, 1.165) is 12.8 Å². The Morgan fingerprint density at radius 1 is 0.606 bits per heavy atom. The zero-order chi connectivity index (χ0) is 26.6. The van der Waals surface area contributed by atoms with Gasteiger partial charge in [0.1, 0.15) is 11.6 Å². The van der Waals surface area contributed by atoms with Crippen LogP contribution in [0.2, 0.25) is 0 Å². The summed E-state index contributed by atoms with van der Waals surface area (Å²) in [6, 6.07) is 0. The van der Waals surface area contributed by atoms with Gasteiger partial charge < -0.3 is 5.11 Å². The largest absolute Gasteiger partial charge is 0.481 e. The van der Waals surface area contributed by atoms with Gasteiger partial charge in [-0.2, -0.15) is 0 Å². The average Bonchev–Trinajstić information content (AvgIpc) is 2.68. The molecule has 192 valence electrons. The molecule has 3 atom stereocenters. The Hall–Kier alpha value is -1.10. The average molecular weight is 526 g/mol. The fraction of sp³-hybridized carbons (Fsp3) is 0.654. The van der Waals surface area contributed by atoms with Crippen molar-refractivity contribution in [2.24, 2.45) is 35.5 Å². The van der Waals surface area contributed by atoms with Gasteiger partial charge in [-0.15, -0.1) is 0 Å². The fourth-order valence-corrected chi connectivity index (χ4v) is 3.38. The molecule has 0 fully saturated rings. The number of allylic oxidation sites excluding steroid dienone is 3. The molecule has 0 saturated heterocycles. The van der Waals surface area contributed by atoms with Crippen molar-refractivity contribution in [2.75, 3.05) is 0 Å². The van der Waals surface area contributed by atoms with Crippen LogP contribution in [0.25, 0.3) is 0 Å². The van der Waals surface area contributed by atoms with E-state index in [4.69, 9.17) is 39.9 Å². The third kappa shape index (κ3) is 21.2. The number of hydrogen-bond acceptors (Lipinski definition) is 3. The maximum atomic E-state index is 11.0. The summed E-state index contributed by atoms with van der Waals surface area (Å²) in [5.74, 6) is 0.639. The lowest BCUT2D eigenvalue weighted by molar-refractivity contribution is -0.143. The van der Waals surface area contributed by atoms with E-state index in [2.05, 4.69) is 0 Å². The summed E-state index contributed by atoms with van der Waals surface area (Å²) < 4.78 is 0. The van der Waals surface area contributed by atoms with Crippen molar-refractivity contribution in [3.05, 3.63) is 34.8 Å². The number of aliphatic carboxylic acids is 1. The van der Waals surface area contributed by atoms with Crippen LogP contribution < -0.4 is 0 Å². The van der Waals surface area contributed by atoms with Crippen molar-refractivity contribution in [3.63, 3.8) is 0 Å². The van der Waals surface area contributed by atoms with Crippen molar-refractivity contribution in [1.29, 1.82) is 0 Å². The third-order valence-electron chi connectivity index (χ3n) is 5.21. The molecule has 0 bridgehead atoms. The molecule has 0 aromatic rings. The molecule has 1 N–H and O–H groups in total. The molecule has 0 aromatic heterocycles. The second kappa shape index (κ2) is 22.7. The lowest BCUT2D eigenvalue weighted by Crippen LogP contribution is -2.18. The summed E-state index contributed by atoms with van der Waals surface area (Å²) >= 11 is 16.0. The van der Waals surface area contributed by atoms with Crippen LogP contribution in [0.15, 0.2) is 34.8 Å². The van der Waals surface area contributed by atoms with Gasteiger partial charge in [-0.1, -0.05) is 94.6 Å². The minimum absolute atomic E-state index is 0.130. The third-order valence-corrected chi connectivity index (χ3v) is 5.75. The number of carbonyl (C=O) groups is 3. The molecule has 7 heteroatoms. The Labute approximate surface area is 216 Å². The lowest BCUT2D eigenvalue weighted by Gasteiger charge is -2.14. The monoisotopic (exact) mass is 524 g/mol. The van der Waals surface area contributed by atoms with Crippen LogP contribution >= 0.6 is 34.8 Å². The standard InChI is InChI=1S/2C9H15ClO.C8H13ClO2/c2*1-7(2)9(8(3)11)5-4-6-10;1-6(2)7(8(10)11)4-3-5-9/h2*4,6-7,9H,5H2,1-3H3;3,5-7H,4H2,1-2H3,(H,10,11)/b2*6-4+;5-3+/t9-;;7-/m0.1/s1. The van der Waals surface area contributed by atoms with Gasteiger partial charge in [0.05, 0.1) is 5.92 Å². The summed E-state index contributed by atoms with van der Waals surface area (Å²) in [5, 5.41) is 8.69. The van der Waals surface area contributed by atoms with Gasteiger partial charge in [-0.05, 0) is 50.9 Å². The van der Waals surface area contributed by atoms with Gasteiger partial charge in [0, 0.05) is 28.4 Å². The number of Topliss-reactive ketones (excluding diaryl/α,β-unsaturated/α-hetero) is 2. The first-order valence-corrected chi connectivity index (χ1v) is 12.6. The number of rotatable bonds is 12. The molecule has 0 heterocycles. The van der Waals surface area contributed by atoms with Gasteiger partial charge >= 0.3 is 5.97 Å². The molecule has 4 nitrogen and oxygen atoms in total. The minimum atomic E-state index is -0.755. The van der Waals surface area contributed by atoms with Crippen LogP contribution in [0.3, 0.4) is 0 Å². The minimum Gasteiger partial charge on any atom is -0.481 e.